The summed E-state index contributed by atoms with van der Waals surface area (Å²) in [6.45, 7) is 1.26. The first kappa shape index (κ1) is 15.2. The summed E-state index contributed by atoms with van der Waals surface area (Å²) >= 11 is 6.98. The fraction of sp³-hybridized carbons (Fsp3) is 1.00. The first-order valence-corrected chi connectivity index (χ1v) is 8.44. The molecule has 2 aliphatic rings. The van der Waals surface area contributed by atoms with E-state index in [1.54, 1.807) is 0 Å². The fourth-order valence-electron chi connectivity index (χ4n) is 2.76. The monoisotopic (exact) mass is 384 g/mol. The molecule has 1 heterocycles. The normalized spacial score (nSPS) is 33.5. The third-order valence-electron chi connectivity index (χ3n) is 3.84. The zero-order valence-corrected chi connectivity index (χ0v) is 13.8. The Balaban J connectivity index is 1.61. The zero-order chi connectivity index (χ0) is 13.0. The average molecular weight is 386 g/mol. The third kappa shape index (κ3) is 4.75. The molecule has 0 radical (unpaired) electrons. The fourth-order valence-corrected chi connectivity index (χ4v) is 3.29. The van der Waals surface area contributed by atoms with Crippen LogP contribution in [0.1, 0.15) is 44.9 Å². The SMILES string of the molecule is O[C@@H]1CCCC[C@H]1CCCC1OCC(Br)(Br)CO1. The summed E-state index contributed by atoms with van der Waals surface area (Å²) in [5.41, 5.74) is 0. The highest BCUT2D eigenvalue weighted by Gasteiger charge is 2.32. The summed E-state index contributed by atoms with van der Waals surface area (Å²) in [6.07, 6.45) is 7.56. The van der Waals surface area contributed by atoms with Crippen molar-refractivity contribution in [2.75, 3.05) is 13.2 Å². The molecule has 1 aliphatic heterocycles. The van der Waals surface area contributed by atoms with Gasteiger partial charge in [0.15, 0.2) is 6.29 Å². The molecule has 18 heavy (non-hydrogen) atoms. The van der Waals surface area contributed by atoms with Crippen molar-refractivity contribution in [2.45, 2.75) is 60.6 Å². The first-order valence-electron chi connectivity index (χ1n) is 6.86. The van der Waals surface area contributed by atoms with Gasteiger partial charge in [0.1, 0.15) is 3.23 Å². The van der Waals surface area contributed by atoms with Gasteiger partial charge in [0.2, 0.25) is 0 Å². The van der Waals surface area contributed by atoms with E-state index in [0.717, 1.165) is 25.7 Å². The van der Waals surface area contributed by atoms with Crippen molar-refractivity contribution in [3.8, 4) is 0 Å². The second-order valence-corrected chi connectivity index (χ2v) is 9.55. The molecular formula is C13H22Br2O3. The molecule has 1 saturated carbocycles. The van der Waals surface area contributed by atoms with Crippen LogP contribution in [0.25, 0.3) is 0 Å². The number of aliphatic hydroxyl groups excluding tert-OH is 1. The van der Waals surface area contributed by atoms with Crippen molar-refractivity contribution >= 4 is 31.9 Å². The summed E-state index contributed by atoms with van der Waals surface area (Å²) in [5.74, 6) is 0.494. The van der Waals surface area contributed by atoms with Crippen LogP contribution in [-0.2, 0) is 9.47 Å². The maximum Gasteiger partial charge on any atom is 0.157 e. The molecule has 106 valence electrons. The minimum absolute atomic E-state index is 0.0750. The molecule has 0 bridgehead atoms. The molecule has 1 aliphatic carbocycles. The van der Waals surface area contributed by atoms with E-state index < -0.39 is 0 Å². The van der Waals surface area contributed by atoms with E-state index in [1.165, 1.54) is 19.3 Å². The number of halogens is 2. The van der Waals surface area contributed by atoms with Crippen LogP contribution >= 0.6 is 31.9 Å². The molecule has 0 spiro atoms. The standard InChI is InChI=1S/C13H22Br2O3/c14-13(15)8-17-12(18-9-13)7-3-5-10-4-1-2-6-11(10)16/h10-12,16H,1-9H2/t10-,11+/m0/s1. The Morgan fingerprint density at radius 3 is 2.39 bits per heavy atom. The quantitative estimate of drug-likeness (QED) is 0.752. The second-order valence-electron chi connectivity index (χ2n) is 5.45. The zero-order valence-electron chi connectivity index (χ0n) is 10.6. The molecule has 0 amide bonds. The van der Waals surface area contributed by atoms with Crippen molar-refractivity contribution in [3.05, 3.63) is 0 Å². The average Bonchev–Trinajstić information content (AvgIpc) is 2.34. The lowest BCUT2D eigenvalue weighted by atomic mass is 9.83. The predicted octanol–water partition coefficient (Wildman–Crippen LogP) is 3.57. The van der Waals surface area contributed by atoms with Gasteiger partial charge in [-0.2, -0.15) is 0 Å². The lowest BCUT2D eigenvalue weighted by Gasteiger charge is -2.32. The van der Waals surface area contributed by atoms with Gasteiger partial charge in [-0.05, 0) is 38.0 Å². The van der Waals surface area contributed by atoms with E-state index in [4.69, 9.17) is 9.47 Å². The molecule has 5 heteroatoms. The topological polar surface area (TPSA) is 38.7 Å². The van der Waals surface area contributed by atoms with Gasteiger partial charge in [-0.15, -0.1) is 0 Å². The van der Waals surface area contributed by atoms with Crippen LogP contribution in [0.5, 0.6) is 0 Å². The van der Waals surface area contributed by atoms with E-state index >= 15 is 0 Å². The van der Waals surface area contributed by atoms with Crippen molar-refractivity contribution in [1.29, 1.82) is 0 Å². The number of hydrogen-bond donors (Lipinski definition) is 1. The van der Waals surface area contributed by atoms with Crippen LogP contribution in [0.4, 0.5) is 0 Å². The molecule has 1 saturated heterocycles. The van der Waals surface area contributed by atoms with Gasteiger partial charge in [0, 0.05) is 0 Å². The molecular weight excluding hydrogens is 364 g/mol. The molecule has 0 aromatic rings. The maximum atomic E-state index is 9.90. The Labute approximate surface area is 126 Å². The van der Waals surface area contributed by atoms with E-state index in [9.17, 15) is 5.11 Å². The number of alkyl halides is 2. The Morgan fingerprint density at radius 2 is 1.72 bits per heavy atom. The highest BCUT2D eigenvalue weighted by atomic mass is 79.9. The van der Waals surface area contributed by atoms with Crippen molar-refractivity contribution in [1.82, 2.24) is 0 Å². The van der Waals surface area contributed by atoms with Gasteiger partial charge in [-0.1, -0.05) is 44.7 Å². The summed E-state index contributed by atoms with van der Waals surface area (Å²) < 4.78 is 11.0. The predicted molar refractivity (Wildman–Crippen MR) is 78.1 cm³/mol. The van der Waals surface area contributed by atoms with Gasteiger partial charge in [0.05, 0.1) is 19.3 Å². The van der Waals surface area contributed by atoms with Gasteiger partial charge in [0.25, 0.3) is 0 Å². The summed E-state index contributed by atoms with van der Waals surface area (Å²) in [6, 6.07) is 0. The van der Waals surface area contributed by atoms with Crippen molar-refractivity contribution in [3.63, 3.8) is 0 Å². The van der Waals surface area contributed by atoms with E-state index in [-0.39, 0.29) is 15.6 Å². The molecule has 3 nitrogen and oxygen atoms in total. The number of hydrogen-bond acceptors (Lipinski definition) is 3. The molecule has 1 N–H and O–H groups in total. The summed E-state index contributed by atoms with van der Waals surface area (Å²) in [4.78, 5) is 0. The largest absolute Gasteiger partial charge is 0.393 e. The van der Waals surface area contributed by atoms with Crippen LogP contribution < -0.4 is 0 Å². The van der Waals surface area contributed by atoms with E-state index in [1.807, 2.05) is 0 Å². The van der Waals surface area contributed by atoms with E-state index in [2.05, 4.69) is 31.9 Å². The molecule has 2 fully saturated rings. The van der Waals surface area contributed by atoms with Crippen LogP contribution in [0.3, 0.4) is 0 Å². The Morgan fingerprint density at radius 1 is 1.06 bits per heavy atom. The Bertz CT molecular complexity index is 251. The molecule has 2 rings (SSSR count). The highest BCUT2D eigenvalue weighted by molar-refractivity contribution is 9.25. The maximum absolute atomic E-state index is 9.90. The number of ether oxygens (including phenoxy) is 2. The minimum atomic E-state index is -0.212. The van der Waals surface area contributed by atoms with Gasteiger partial charge < -0.3 is 14.6 Å². The summed E-state index contributed by atoms with van der Waals surface area (Å²) in [7, 11) is 0. The van der Waals surface area contributed by atoms with Crippen LogP contribution in [0.15, 0.2) is 0 Å². The molecule has 0 unspecified atom stereocenters. The van der Waals surface area contributed by atoms with Crippen molar-refractivity contribution in [2.24, 2.45) is 5.92 Å². The molecule has 0 aromatic heterocycles. The van der Waals surface area contributed by atoms with E-state index in [0.29, 0.717) is 19.1 Å². The minimum Gasteiger partial charge on any atom is -0.393 e. The van der Waals surface area contributed by atoms with Crippen LogP contribution in [0.2, 0.25) is 0 Å². The number of rotatable bonds is 4. The highest BCUT2D eigenvalue weighted by Crippen LogP contribution is 2.33. The van der Waals surface area contributed by atoms with Gasteiger partial charge in [-0.3, -0.25) is 0 Å². The van der Waals surface area contributed by atoms with Crippen LogP contribution in [-0.4, -0.2) is 33.9 Å². The first-order chi connectivity index (χ1) is 8.57. The second kappa shape index (κ2) is 7.02. The number of aliphatic hydroxyl groups is 1. The third-order valence-corrected chi connectivity index (χ3v) is 4.76. The smallest absolute Gasteiger partial charge is 0.157 e. The van der Waals surface area contributed by atoms with Gasteiger partial charge in [-0.25, -0.2) is 0 Å². The molecule has 0 aromatic carbocycles. The lowest BCUT2D eigenvalue weighted by Crippen LogP contribution is -2.38. The lowest BCUT2D eigenvalue weighted by molar-refractivity contribution is -0.181. The molecule has 2 atom stereocenters. The summed E-state index contributed by atoms with van der Waals surface area (Å²) in [5, 5.41) is 9.90. The van der Waals surface area contributed by atoms with Gasteiger partial charge >= 0.3 is 0 Å². The van der Waals surface area contributed by atoms with Crippen molar-refractivity contribution < 1.29 is 14.6 Å². The Kier molecular flexibility index (Phi) is 5.94. The van der Waals surface area contributed by atoms with Crippen LogP contribution in [0, 0.1) is 5.92 Å². The Hall–Kier alpha value is 0.840.